The molecule has 39 heavy (non-hydrogen) atoms. The Balaban J connectivity index is 5.01. The molecule has 0 fully saturated rings. The number of hydrogen-bond acceptors (Lipinski definition) is 12. The Morgan fingerprint density at radius 2 is 1.18 bits per heavy atom. The van der Waals surface area contributed by atoms with Gasteiger partial charge >= 0.3 is 23.9 Å². The zero-order valence-corrected chi connectivity index (χ0v) is 22.4. The van der Waals surface area contributed by atoms with E-state index in [0.717, 1.165) is 21.6 Å². The number of carboxylic acid groups (broad SMARTS) is 4. The summed E-state index contributed by atoms with van der Waals surface area (Å²) in [5.74, 6) is -6.77. The van der Waals surface area contributed by atoms with Gasteiger partial charge in [0, 0.05) is 30.9 Å². The van der Waals surface area contributed by atoms with Crippen LogP contribution in [-0.2, 0) is 33.6 Å². The summed E-state index contributed by atoms with van der Waals surface area (Å²) in [6, 6.07) is -4.27. The largest absolute Gasteiger partial charge is 0.480 e. The van der Waals surface area contributed by atoms with Gasteiger partial charge in [0.1, 0.15) is 24.7 Å². The molecule has 0 aliphatic heterocycles. The van der Waals surface area contributed by atoms with E-state index in [4.69, 9.17) is 31.9 Å². The van der Waals surface area contributed by atoms with E-state index in [0.29, 0.717) is 0 Å². The summed E-state index contributed by atoms with van der Waals surface area (Å²) < 4.78 is 0. The summed E-state index contributed by atoms with van der Waals surface area (Å²) in [5, 5.41) is 45.1. The van der Waals surface area contributed by atoms with Crippen molar-refractivity contribution < 1.29 is 54.0 Å². The van der Waals surface area contributed by atoms with Gasteiger partial charge < -0.3 is 53.2 Å². The molecule has 12 N–H and O–H groups in total. The highest BCUT2D eigenvalue weighted by atomic mass is 33.1. The summed E-state index contributed by atoms with van der Waals surface area (Å²) in [7, 11) is 2.26. The fourth-order valence-electron chi connectivity index (χ4n) is 2.61. The predicted octanol–water partition coefficient (Wildman–Crippen LogP) is -3.40. The van der Waals surface area contributed by atoms with E-state index < -0.39 is 72.3 Å². The minimum absolute atomic E-state index is 0.0382. The van der Waals surface area contributed by atoms with Crippen molar-refractivity contribution in [1.82, 2.24) is 21.3 Å². The van der Waals surface area contributed by atoms with Gasteiger partial charge in [0.2, 0.25) is 17.7 Å². The maximum absolute atomic E-state index is 12.4. The zero-order valence-electron chi connectivity index (χ0n) is 20.8. The Morgan fingerprint density at radius 3 is 1.67 bits per heavy atom. The van der Waals surface area contributed by atoms with Gasteiger partial charge in [0.25, 0.3) is 0 Å². The molecule has 0 heterocycles. The third-order valence-electron chi connectivity index (χ3n) is 4.68. The molecule has 0 aromatic carbocycles. The van der Waals surface area contributed by atoms with Crippen molar-refractivity contribution in [3.63, 3.8) is 0 Å². The first-order valence-electron chi connectivity index (χ1n) is 11.4. The summed E-state index contributed by atoms with van der Waals surface area (Å²) in [6.07, 6.45) is -0.760. The van der Waals surface area contributed by atoms with Crippen molar-refractivity contribution in [2.75, 3.05) is 31.1 Å². The van der Waals surface area contributed by atoms with E-state index in [1.807, 2.05) is 0 Å². The summed E-state index contributed by atoms with van der Waals surface area (Å²) in [4.78, 5) is 79.9. The van der Waals surface area contributed by atoms with E-state index in [2.05, 4.69) is 21.3 Å². The topological polar surface area (TPSA) is 301 Å². The fourth-order valence-corrected chi connectivity index (χ4v) is 5.01. The van der Waals surface area contributed by atoms with Gasteiger partial charge in [-0.15, -0.1) is 0 Å². The molecular weight excluding hydrogens is 564 g/mol. The van der Waals surface area contributed by atoms with Crippen molar-refractivity contribution in [2.24, 2.45) is 11.5 Å². The van der Waals surface area contributed by atoms with Gasteiger partial charge in [-0.25, -0.2) is 0 Å². The van der Waals surface area contributed by atoms with Crippen molar-refractivity contribution in [1.29, 1.82) is 0 Å². The quantitative estimate of drug-likeness (QED) is 0.0429. The second-order valence-corrected chi connectivity index (χ2v) is 10.6. The average molecular weight is 599 g/mol. The van der Waals surface area contributed by atoms with Gasteiger partial charge in [-0.2, -0.15) is 0 Å². The molecule has 19 heteroatoms. The molecule has 0 aromatic heterocycles. The number of carbonyl (C=O) groups is 7. The Kier molecular flexibility index (Phi) is 18.3. The molecule has 0 saturated carbocycles. The Morgan fingerprint density at radius 1 is 0.692 bits per heavy atom. The average Bonchev–Trinajstić information content (AvgIpc) is 2.85. The van der Waals surface area contributed by atoms with Crippen LogP contribution in [0.1, 0.15) is 25.7 Å². The minimum Gasteiger partial charge on any atom is -0.480 e. The number of nitrogens with two attached hydrogens (primary N) is 2. The molecule has 17 nitrogen and oxygen atoms in total. The first-order chi connectivity index (χ1) is 18.2. The van der Waals surface area contributed by atoms with Crippen LogP contribution < -0.4 is 32.7 Å². The van der Waals surface area contributed by atoms with Crippen molar-refractivity contribution >= 4 is 63.2 Å². The van der Waals surface area contributed by atoms with E-state index in [1.54, 1.807) is 0 Å². The van der Waals surface area contributed by atoms with Gasteiger partial charge in [0.15, 0.2) is 0 Å². The summed E-state index contributed by atoms with van der Waals surface area (Å²) >= 11 is 0. The van der Waals surface area contributed by atoms with Gasteiger partial charge in [-0.3, -0.25) is 33.6 Å². The van der Waals surface area contributed by atoms with Gasteiger partial charge in [0.05, 0.1) is 12.6 Å². The highest BCUT2D eigenvalue weighted by Crippen LogP contribution is 2.23. The highest BCUT2D eigenvalue weighted by Gasteiger charge is 2.23. The van der Waals surface area contributed by atoms with Crippen LogP contribution in [-0.4, -0.2) is 117 Å². The minimum atomic E-state index is -1.31. The second kappa shape index (κ2) is 19.9. The molecule has 0 aliphatic rings. The van der Waals surface area contributed by atoms with Gasteiger partial charge in [-0.05, 0) is 12.8 Å². The Labute approximate surface area is 231 Å². The van der Waals surface area contributed by atoms with Crippen molar-refractivity contribution in [2.45, 2.75) is 49.9 Å². The van der Waals surface area contributed by atoms with Crippen LogP contribution in [0, 0.1) is 0 Å². The van der Waals surface area contributed by atoms with Crippen LogP contribution in [0.25, 0.3) is 0 Å². The Bertz CT molecular complexity index is 879. The zero-order chi connectivity index (χ0) is 30.0. The molecule has 222 valence electrons. The number of aliphatic carboxylic acids is 4. The number of carbonyl (C=O) groups excluding carboxylic acids is 3. The summed E-state index contributed by atoms with van der Waals surface area (Å²) in [6.45, 7) is -1.01. The van der Waals surface area contributed by atoms with Crippen LogP contribution in [0.4, 0.5) is 0 Å². The first kappa shape index (κ1) is 35.9. The fraction of sp³-hybridized carbons (Fsp3) is 0.650. The van der Waals surface area contributed by atoms with E-state index in [1.165, 1.54) is 0 Å². The predicted molar refractivity (Wildman–Crippen MR) is 140 cm³/mol. The van der Waals surface area contributed by atoms with Crippen LogP contribution >= 0.6 is 21.6 Å². The van der Waals surface area contributed by atoms with Crippen molar-refractivity contribution in [3.05, 3.63) is 0 Å². The Hall–Kier alpha value is -3.13. The maximum atomic E-state index is 12.4. The van der Waals surface area contributed by atoms with E-state index in [-0.39, 0.29) is 50.3 Å². The van der Waals surface area contributed by atoms with E-state index >= 15 is 0 Å². The number of nitrogens with one attached hydrogen (secondary N) is 4. The molecule has 0 saturated heterocycles. The lowest BCUT2D eigenvalue weighted by molar-refractivity contribution is -0.140. The maximum Gasteiger partial charge on any atom is 0.322 e. The number of rotatable bonds is 22. The highest BCUT2D eigenvalue weighted by molar-refractivity contribution is 8.76. The molecule has 0 rings (SSSR count). The van der Waals surface area contributed by atoms with Crippen LogP contribution in [0.5, 0.6) is 0 Å². The number of amides is 3. The molecule has 4 atom stereocenters. The molecular formula is C20H34N6O11S2. The third-order valence-corrected chi connectivity index (χ3v) is 7.18. The standard InChI is InChI=1S/C20H34N6O11S2/c21-11(19(34)35)1-3-14(27)25-10(5-23-6-16(29)30)8-38-39-9-13(18(33)24-7-17(31)32)26-15(28)4-2-12(22)20(36)37/h10-13,23H,1-9,21-22H2,(H,24,33)(H,25,27)(H,26,28)(H,29,30)(H,31,32)(H,34,35)(H,36,37)/t10?,11-,12+,13+/m1/s1. The second-order valence-electron chi connectivity index (χ2n) is 8.06. The molecule has 0 bridgehead atoms. The first-order valence-corrected chi connectivity index (χ1v) is 13.9. The molecule has 0 aliphatic carbocycles. The molecule has 1 unspecified atom stereocenters. The lowest BCUT2D eigenvalue weighted by Crippen LogP contribution is -2.49. The smallest absolute Gasteiger partial charge is 0.322 e. The molecule has 0 aromatic rings. The SMILES string of the molecule is N[C@H](CCC(=O)NC(CNCC(=O)O)CSSC[C@H](NC(=O)CC[C@H](N)C(=O)O)C(=O)NCC(=O)O)C(=O)O. The number of hydrogen-bond donors (Lipinski definition) is 10. The van der Waals surface area contributed by atoms with Crippen LogP contribution in [0.3, 0.4) is 0 Å². The molecule has 0 spiro atoms. The third kappa shape index (κ3) is 18.7. The summed E-state index contributed by atoms with van der Waals surface area (Å²) in [5.41, 5.74) is 10.8. The number of carboxylic acids is 4. The van der Waals surface area contributed by atoms with Crippen LogP contribution in [0.2, 0.25) is 0 Å². The molecule has 0 radical (unpaired) electrons. The molecule has 3 amide bonds. The monoisotopic (exact) mass is 598 g/mol. The van der Waals surface area contributed by atoms with Crippen LogP contribution in [0.15, 0.2) is 0 Å². The normalized spacial score (nSPS) is 13.8. The lowest BCUT2D eigenvalue weighted by Gasteiger charge is -2.20. The van der Waals surface area contributed by atoms with Gasteiger partial charge in [-0.1, -0.05) is 21.6 Å². The lowest BCUT2D eigenvalue weighted by atomic mass is 10.1. The van der Waals surface area contributed by atoms with E-state index in [9.17, 15) is 33.6 Å². The van der Waals surface area contributed by atoms with Crippen molar-refractivity contribution in [3.8, 4) is 0 Å².